The molecule has 14 heteroatoms. The van der Waals surface area contributed by atoms with Gasteiger partial charge in [0.1, 0.15) is 6.54 Å². The second-order valence-corrected chi connectivity index (χ2v) is 10.0. The van der Waals surface area contributed by atoms with Crippen LogP contribution in [0.3, 0.4) is 0 Å². The van der Waals surface area contributed by atoms with Gasteiger partial charge in [0.2, 0.25) is 20.0 Å². The van der Waals surface area contributed by atoms with Crippen molar-refractivity contribution < 1.29 is 30.0 Å². The summed E-state index contributed by atoms with van der Waals surface area (Å²) >= 11 is 5.09. The van der Waals surface area contributed by atoms with Crippen LogP contribution in [0.2, 0.25) is 0 Å². The number of nitrogens with one attached hydrogen (secondary N) is 1. The maximum Gasteiger partial charge on any atom is 0.406 e. The number of hydrogen-bond acceptors (Lipinski definition) is 5. The first-order chi connectivity index (χ1) is 14.1. The Hall–Kier alpha value is -2.26. The second-order valence-electron chi connectivity index (χ2n) is 6.51. The van der Waals surface area contributed by atoms with Crippen molar-refractivity contribution in [1.82, 2.24) is 10.2 Å². The molecule has 0 heterocycles. The molecule has 0 amide bonds. The molecule has 2 rings (SSSR count). The lowest BCUT2D eigenvalue weighted by Gasteiger charge is -2.27. The van der Waals surface area contributed by atoms with Crippen molar-refractivity contribution >= 4 is 37.4 Å². The number of thiocarbonyl (C=S) groups is 1. The van der Waals surface area contributed by atoms with E-state index < -0.39 is 32.8 Å². The number of alkyl halides is 3. The molecule has 0 aliphatic carbocycles. The zero-order chi connectivity index (χ0) is 23.4. The number of sulfonamides is 2. The fourth-order valence-corrected chi connectivity index (χ4v) is 3.74. The molecule has 31 heavy (non-hydrogen) atoms. The zero-order valence-electron chi connectivity index (χ0n) is 15.8. The fraction of sp³-hybridized carbons (Fsp3) is 0.235. The van der Waals surface area contributed by atoms with Gasteiger partial charge in [0.25, 0.3) is 0 Å². The smallest absolute Gasteiger partial charge is 0.358 e. The Bertz CT molecular complexity index is 1130. The van der Waals surface area contributed by atoms with Gasteiger partial charge in [-0.3, -0.25) is 0 Å². The molecule has 0 aliphatic heterocycles. The molecule has 0 radical (unpaired) electrons. The average molecular weight is 497 g/mol. The van der Waals surface area contributed by atoms with Crippen LogP contribution in [0.15, 0.2) is 58.3 Å². The van der Waals surface area contributed by atoms with Crippen LogP contribution < -0.4 is 15.6 Å². The third kappa shape index (κ3) is 8.06. The molecule has 0 atom stereocenters. The lowest BCUT2D eigenvalue weighted by molar-refractivity contribution is -0.138. The lowest BCUT2D eigenvalue weighted by Crippen LogP contribution is -2.43. The van der Waals surface area contributed by atoms with Crippen molar-refractivity contribution in [3.05, 3.63) is 59.7 Å². The summed E-state index contributed by atoms with van der Waals surface area (Å²) in [5.74, 6) is 0. The molecule has 0 saturated carbocycles. The molecule has 5 N–H and O–H groups in total. The van der Waals surface area contributed by atoms with Crippen LogP contribution in [0, 0.1) is 0 Å². The number of halogens is 3. The quantitative estimate of drug-likeness (QED) is 0.493. The summed E-state index contributed by atoms with van der Waals surface area (Å²) in [5.41, 5.74) is 0.956. The van der Waals surface area contributed by atoms with Gasteiger partial charge in [-0.05, 0) is 47.6 Å². The molecule has 0 saturated heterocycles. The van der Waals surface area contributed by atoms with Crippen LogP contribution in [0.4, 0.5) is 13.2 Å². The molecule has 2 aromatic rings. The van der Waals surface area contributed by atoms with Gasteiger partial charge in [0.05, 0.1) is 9.79 Å². The van der Waals surface area contributed by atoms with Crippen molar-refractivity contribution in [1.29, 1.82) is 0 Å². The Morgan fingerprint density at radius 2 is 1.29 bits per heavy atom. The van der Waals surface area contributed by atoms with Gasteiger partial charge in [-0.15, -0.1) is 0 Å². The first-order valence-electron chi connectivity index (χ1n) is 8.48. The fourth-order valence-electron chi connectivity index (χ4n) is 2.51. The summed E-state index contributed by atoms with van der Waals surface area (Å²) in [4.78, 5) is 0.614. The normalized spacial score (nSPS) is 12.4. The SMILES string of the molecule is NS(=O)(=O)c1ccc(CNC(=S)N(Cc2ccc(S(N)(=O)=O)cc2)CC(F)(F)F)cc1. The maximum absolute atomic E-state index is 13.0. The molecule has 0 fully saturated rings. The maximum atomic E-state index is 13.0. The molecular formula is C17H19F3N4O4S3. The minimum Gasteiger partial charge on any atom is -0.358 e. The van der Waals surface area contributed by atoms with Crippen LogP contribution in [-0.4, -0.2) is 39.6 Å². The topological polar surface area (TPSA) is 136 Å². The molecule has 8 nitrogen and oxygen atoms in total. The Labute approximate surface area is 183 Å². The van der Waals surface area contributed by atoms with Crippen LogP contribution in [0.5, 0.6) is 0 Å². The summed E-state index contributed by atoms with van der Waals surface area (Å²) in [6.45, 7) is -1.52. The van der Waals surface area contributed by atoms with Crippen molar-refractivity contribution in [2.75, 3.05) is 6.54 Å². The highest BCUT2D eigenvalue weighted by molar-refractivity contribution is 7.89. The van der Waals surface area contributed by atoms with E-state index >= 15 is 0 Å². The van der Waals surface area contributed by atoms with E-state index in [9.17, 15) is 30.0 Å². The highest BCUT2D eigenvalue weighted by Gasteiger charge is 2.32. The van der Waals surface area contributed by atoms with E-state index in [4.69, 9.17) is 22.5 Å². The molecular weight excluding hydrogens is 477 g/mol. The number of nitrogens with zero attached hydrogens (tertiary/aromatic N) is 1. The number of hydrogen-bond donors (Lipinski definition) is 3. The van der Waals surface area contributed by atoms with Crippen molar-refractivity contribution in [3.63, 3.8) is 0 Å². The third-order valence-corrected chi connectivity index (χ3v) is 6.24. The number of rotatable bonds is 7. The predicted molar refractivity (Wildman–Crippen MR) is 112 cm³/mol. The van der Waals surface area contributed by atoms with Crippen LogP contribution >= 0.6 is 12.2 Å². The van der Waals surface area contributed by atoms with E-state index in [0.717, 1.165) is 4.90 Å². The predicted octanol–water partition coefficient (Wildman–Crippen LogP) is 1.42. The summed E-state index contributed by atoms with van der Waals surface area (Å²) in [6.07, 6.45) is -4.54. The number of nitrogens with two attached hydrogens (primary N) is 2. The van der Waals surface area contributed by atoms with Crippen molar-refractivity contribution in [2.45, 2.75) is 29.1 Å². The van der Waals surface area contributed by atoms with E-state index in [1.807, 2.05) is 0 Å². The molecule has 170 valence electrons. The van der Waals surface area contributed by atoms with Gasteiger partial charge < -0.3 is 10.2 Å². The number of primary sulfonamides is 2. The largest absolute Gasteiger partial charge is 0.406 e. The van der Waals surface area contributed by atoms with Crippen LogP contribution in [0.1, 0.15) is 11.1 Å². The summed E-state index contributed by atoms with van der Waals surface area (Å²) in [5, 5.41) is 12.5. The standard InChI is InChI=1S/C17H19F3N4O4S3/c18-17(19,20)11-24(10-13-3-7-15(8-4-13)31(22,27)28)16(29)23-9-12-1-5-14(6-2-12)30(21,25)26/h1-8H,9-11H2,(H,23,29)(H2,21,25,26)(H2,22,27,28). The minimum absolute atomic E-state index is 0.0441. The molecule has 0 aromatic heterocycles. The Kier molecular flexibility index (Phi) is 7.65. The number of benzene rings is 2. The molecule has 0 bridgehead atoms. The third-order valence-electron chi connectivity index (χ3n) is 3.98. The van der Waals surface area contributed by atoms with Crippen LogP contribution in [0.25, 0.3) is 0 Å². The van der Waals surface area contributed by atoms with Gasteiger partial charge >= 0.3 is 6.18 Å². The Balaban J connectivity index is 2.11. The Morgan fingerprint density at radius 3 is 1.68 bits per heavy atom. The molecule has 0 spiro atoms. The lowest BCUT2D eigenvalue weighted by atomic mass is 10.2. The van der Waals surface area contributed by atoms with E-state index in [2.05, 4.69) is 5.32 Å². The van der Waals surface area contributed by atoms with Gasteiger partial charge in [-0.1, -0.05) is 24.3 Å². The van der Waals surface area contributed by atoms with Gasteiger partial charge in [-0.2, -0.15) is 13.2 Å². The monoisotopic (exact) mass is 496 g/mol. The van der Waals surface area contributed by atoms with Gasteiger partial charge in [0.15, 0.2) is 5.11 Å². The summed E-state index contributed by atoms with van der Waals surface area (Å²) in [7, 11) is -7.78. The highest BCUT2D eigenvalue weighted by Crippen LogP contribution is 2.19. The Morgan fingerprint density at radius 1 is 0.871 bits per heavy atom. The van der Waals surface area contributed by atoms with Crippen molar-refractivity contribution in [2.24, 2.45) is 10.3 Å². The van der Waals surface area contributed by atoms with E-state index in [1.165, 1.54) is 48.5 Å². The van der Waals surface area contributed by atoms with Gasteiger partial charge in [0, 0.05) is 13.1 Å². The van der Waals surface area contributed by atoms with Crippen LogP contribution in [-0.2, 0) is 33.1 Å². The van der Waals surface area contributed by atoms with Crippen molar-refractivity contribution in [3.8, 4) is 0 Å². The average Bonchev–Trinajstić information content (AvgIpc) is 2.64. The zero-order valence-corrected chi connectivity index (χ0v) is 18.3. The summed E-state index contributed by atoms with van der Waals surface area (Å²) in [6, 6.07) is 10.5. The van der Waals surface area contributed by atoms with Gasteiger partial charge in [-0.25, -0.2) is 27.1 Å². The van der Waals surface area contributed by atoms with E-state index in [0.29, 0.717) is 11.1 Å². The van der Waals surface area contributed by atoms with E-state index in [-0.39, 0.29) is 28.0 Å². The molecule has 2 aromatic carbocycles. The van der Waals surface area contributed by atoms with E-state index in [1.54, 1.807) is 0 Å². The first-order valence-corrected chi connectivity index (χ1v) is 12.0. The first kappa shape index (κ1) is 25.0. The second kappa shape index (κ2) is 9.48. The molecule has 0 aliphatic rings. The molecule has 0 unspecified atom stereocenters. The summed E-state index contributed by atoms with van der Waals surface area (Å²) < 4.78 is 84.2. The minimum atomic E-state index is -4.54. The highest BCUT2D eigenvalue weighted by atomic mass is 32.2.